The minimum atomic E-state index is 0.0157. The summed E-state index contributed by atoms with van der Waals surface area (Å²) in [6, 6.07) is 0. The molecule has 0 radical (unpaired) electrons. The number of rotatable bonds is 27. The molecule has 0 aliphatic carbocycles. The molecule has 0 aromatic rings. The molecule has 0 saturated heterocycles. The molecule has 0 amide bonds. The molecule has 196 valence electrons. The standard InChI is InChI=1S/C31H60O2/c1-3-5-7-9-11-13-15-16-17-18-19-21-23-25-27-29-31(32)33-30-28-26-24-22-20-14-12-10-8-6-4-2/h15-16H,3-14,17-30H2,1-2H3. The number of ether oxygens (including phenoxy) is 1. The lowest BCUT2D eigenvalue weighted by molar-refractivity contribution is -0.143. The van der Waals surface area contributed by atoms with Crippen molar-refractivity contribution in [3.63, 3.8) is 0 Å². The molecule has 0 spiro atoms. The third kappa shape index (κ3) is 29.2. The van der Waals surface area contributed by atoms with Gasteiger partial charge in [0.15, 0.2) is 0 Å². The molecule has 0 atom stereocenters. The zero-order valence-corrected chi connectivity index (χ0v) is 22.9. The Bertz CT molecular complexity index is 402. The van der Waals surface area contributed by atoms with Gasteiger partial charge in [-0.15, -0.1) is 0 Å². The lowest BCUT2D eigenvalue weighted by Crippen LogP contribution is -2.05. The third-order valence-electron chi connectivity index (χ3n) is 6.65. The first kappa shape index (κ1) is 32.2. The Balaban J connectivity index is 3.19. The maximum absolute atomic E-state index is 11.8. The molecule has 0 aromatic carbocycles. The summed E-state index contributed by atoms with van der Waals surface area (Å²) in [6.45, 7) is 5.17. The van der Waals surface area contributed by atoms with Crippen LogP contribution in [0.3, 0.4) is 0 Å². The van der Waals surface area contributed by atoms with Gasteiger partial charge in [0, 0.05) is 6.42 Å². The van der Waals surface area contributed by atoms with Gasteiger partial charge in [0.1, 0.15) is 0 Å². The summed E-state index contributed by atoms with van der Waals surface area (Å²) in [4.78, 5) is 11.8. The van der Waals surface area contributed by atoms with Gasteiger partial charge in [-0.05, 0) is 38.5 Å². The summed E-state index contributed by atoms with van der Waals surface area (Å²) in [6.07, 6.45) is 36.8. The van der Waals surface area contributed by atoms with Crippen molar-refractivity contribution in [1.29, 1.82) is 0 Å². The molecule has 0 bridgehead atoms. The molecule has 2 nitrogen and oxygen atoms in total. The van der Waals surface area contributed by atoms with Gasteiger partial charge in [-0.3, -0.25) is 4.79 Å². The van der Waals surface area contributed by atoms with Gasteiger partial charge in [0.05, 0.1) is 6.61 Å². The Morgan fingerprint density at radius 2 is 0.848 bits per heavy atom. The second kappa shape index (κ2) is 29.2. The minimum absolute atomic E-state index is 0.0157. The van der Waals surface area contributed by atoms with Crippen LogP contribution in [0.15, 0.2) is 12.2 Å². The number of carbonyl (C=O) groups is 1. The summed E-state index contributed by atoms with van der Waals surface area (Å²) in [5.41, 5.74) is 0. The van der Waals surface area contributed by atoms with Crippen molar-refractivity contribution in [2.75, 3.05) is 6.61 Å². The monoisotopic (exact) mass is 464 g/mol. The SMILES string of the molecule is CCCCCCCC=CCCCCCCCCC(=O)OCCCCCCCCCCCCC. The van der Waals surface area contributed by atoms with E-state index < -0.39 is 0 Å². The van der Waals surface area contributed by atoms with Crippen LogP contribution in [0, 0.1) is 0 Å². The van der Waals surface area contributed by atoms with Crippen molar-refractivity contribution in [2.45, 2.75) is 174 Å². The van der Waals surface area contributed by atoms with Gasteiger partial charge < -0.3 is 4.74 Å². The van der Waals surface area contributed by atoms with Gasteiger partial charge >= 0.3 is 5.97 Å². The van der Waals surface area contributed by atoms with Crippen LogP contribution in [0.5, 0.6) is 0 Å². The fourth-order valence-electron chi connectivity index (χ4n) is 4.36. The largest absolute Gasteiger partial charge is 0.466 e. The molecule has 0 aromatic heterocycles. The highest BCUT2D eigenvalue weighted by Gasteiger charge is 2.02. The second-order valence-electron chi connectivity index (χ2n) is 10.1. The van der Waals surface area contributed by atoms with E-state index in [1.807, 2.05) is 0 Å². The lowest BCUT2D eigenvalue weighted by atomic mass is 10.1. The normalized spacial score (nSPS) is 11.5. The average molecular weight is 465 g/mol. The van der Waals surface area contributed by atoms with E-state index in [2.05, 4.69) is 26.0 Å². The highest BCUT2D eigenvalue weighted by molar-refractivity contribution is 5.69. The van der Waals surface area contributed by atoms with E-state index in [4.69, 9.17) is 4.74 Å². The summed E-state index contributed by atoms with van der Waals surface area (Å²) >= 11 is 0. The van der Waals surface area contributed by atoms with Crippen LogP contribution in [0.2, 0.25) is 0 Å². The van der Waals surface area contributed by atoms with Crippen molar-refractivity contribution in [3.05, 3.63) is 12.2 Å². The van der Waals surface area contributed by atoms with Gasteiger partial charge in [-0.2, -0.15) is 0 Å². The quantitative estimate of drug-likeness (QED) is 0.0686. The van der Waals surface area contributed by atoms with Gasteiger partial charge in [-0.1, -0.05) is 142 Å². The van der Waals surface area contributed by atoms with Crippen molar-refractivity contribution in [3.8, 4) is 0 Å². The summed E-state index contributed by atoms with van der Waals surface area (Å²) in [5.74, 6) is 0.0157. The number of unbranched alkanes of at least 4 members (excludes halogenated alkanes) is 21. The number of hydrogen-bond acceptors (Lipinski definition) is 2. The molecule has 0 N–H and O–H groups in total. The van der Waals surface area contributed by atoms with Crippen LogP contribution in [0.25, 0.3) is 0 Å². The molecule has 0 aliphatic heterocycles. The van der Waals surface area contributed by atoms with Gasteiger partial charge in [0.2, 0.25) is 0 Å². The first-order valence-corrected chi connectivity index (χ1v) is 15.1. The Morgan fingerprint density at radius 3 is 1.30 bits per heavy atom. The summed E-state index contributed by atoms with van der Waals surface area (Å²) < 4.78 is 5.40. The van der Waals surface area contributed by atoms with Crippen LogP contribution in [0.1, 0.15) is 174 Å². The molecular weight excluding hydrogens is 404 g/mol. The number of allylic oxidation sites excluding steroid dienone is 2. The topological polar surface area (TPSA) is 26.3 Å². The molecule has 33 heavy (non-hydrogen) atoms. The lowest BCUT2D eigenvalue weighted by Gasteiger charge is -2.05. The fraction of sp³-hybridized carbons (Fsp3) is 0.903. The zero-order chi connectivity index (χ0) is 24.1. The average Bonchev–Trinajstić information content (AvgIpc) is 2.82. The zero-order valence-electron chi connectivity index (χ0n) is 22.9. The van der Waals surface area contributed by atoms with Crippen molar-refractivity contribution in [1.82, 2.24) is 0 Å². The van der Waals surface area contributed by atoms with E-state index in [1.54, 1.807) is 0 Å². The molecule has 0 saturated carbocycles. The highest BCUT2D eigenvalue weighted by Crippen LogP contribution is 2.12. The van der Waals surface area contributed by atoms with E-state index in [0.717, 1.165) is 12.8 Å². The molecule has 0 heterocycles. The third-order valence-corrected chi connectivity index (χ3v) is 6.65. The Labute approximate surface area is 208 Å². The maximum atomic E-state index is 11.8. The Hall–Kier alpha value is -0.790. The number of esters is 1. The van der Waals surface area contributed by atoms with E-state index >= 15 is 0 Å². The maximum Gasteiger partial charge on any atom is 0.305 e. The van der Waals surface area contributed by atoms with E-state index in [0.29, 0.717) is 13.0 Å². The van der Waals surface area contributed by atoms with Crippen LogP contribution in [-0.4, -0.2) is 12.6 Å². The first-order chi connectivity index (χ1) is 16.3. The molecular formula is C31H60O2. The van der Waals surface area contributed by atoms with E-state index in [9.17, 15) is 4.79 Å². The van der Waals surface area contributed by atoms with Crippen molar-refractivity contribution in [2.24, 2.45) is 0 Å². The van der Waals surface area contributed by atoms with Crippen LogP contribution in [-0.2, 0) is 9.53 Å². The number of hydrogen-bond donors (Lipinski definition) is 0. The molecule has 2 heteroatoms. The van der Waals surface area contributed by atoms with Crippen LogP contribution < -0.4 is 0 Å². The van der Waals surface area contributed by atoms with Gasteiger partial charge in [-0.25, -0.2) is 0 Å². The first-order valence-electron chi connectivity index (χ1n) is 15.1. The summed E-state index contributed by atoms with van der Waals surface area (Å²) in [7, 11) is 0. The Kier molecular flexibility index (Phi) is 28.5. The predicted molar refractivity (Wildman–Crippen MR) is 147 cm³/mol. The van der Waals surface area contributed by atoms with Crippen molar-refractivity contribution < 1.29 is 9.53 Å². The highest BCUT2D eigenvalue weighted by atomic mass is 16.5. The molecule has 0 fully saturated rings. The Morgan fingerprint density at radius 1 is 0.485 bits per heavy atom. The predicted octanol–water partition coefficient (Wildman–Crippen LogP) is 10.9. The smallest absolute Gasteiger partial charge is 0.305 e. The minimum Gasteiger partial charge on any atom is -0.466 e. The molecule has 0 unspecified atom stereocenters. The molecule has 0 aliphatic rings. The van der Waals surface area contributed by atoms with Crippen molar-refractivity contribution >= 4 is 5.97 Å². The van der Waals surface area contributed by atoms with E-state index in [-0.39, 0.29) is 5.97 Å². The van der Waals surface area contributed by atoms with Gasteiger partial charge in [0.25, 0.3) is 0 Å². The van der Waals surface area contributed by atoms with Crippen LogP contribution in [0.4, 0.5) is 0 Å². The second-order valence-corrected chi connectivity index (χ2v) is 10.1. The molecule has 0 rings (SSSR count). The van der Waals surface area contributed by atoms with Crippen LogP contribution >= 0.6 is 0 Å². The van der Waals surface area contributed by atoms with E-state index in [1.165, 1.54) is 141 Å². The number of carbonyl (C=O) groups excluding carboxylic acids is 1. The summed E-state index contributed by atoms with van der Waals surface area (Å²) in [5, 5.41) is 0. The fourth-order valence-corrected chi connectivity index (χ4v) is 4.36.